The molecule has 0 radical (unpaired) electrons. The zero-order valence-electron chi connectivity index (χ0n) is 3.86. The van der Waals surface area contributed by atoms with E-state index in [-0.39, 0.29) is 24.0 Å². The lowest BCUT2D eigenvalue weighted by molar-refractivity contribution is -0.00000109. The molecule has 0 saturated carbocycles. The second kappa shape index (κ2) is 5.08. The van der Waals surface area contributed by atoms with Gasteiger partial charge in [0.25, 0.3) is 0 Å². The lowest BCUT2D eigenvalue weighted by atomic mass is 11.9. The van der Waals surface area contributed by atoms with Crippen LogP contribution in [-0.4, -0.2) is 18.8 Å². The highest BCUT2D eigenvalue weighted by molar-refractivity contribution is 7.94. The van der Waals surface area contributed by atoms with E-state index in [4.69, 9.17) is 0 Å². The van der Waals surface area contributed by atoms with Gasteiger partial charge < -0.3 is 0 Å². The number of halogens is 1. The molecular formula is C3H11IS+2. The lowest BCUT2D eigenvalue weighted by Gasteiger charge is -1.69. The first kappa shape index (κ1) is 9.43. The van der Waals surface area contributed by atoms with Crippen LogP contribution in [0.25, 0.3) is 0 Å². The van der Waals surface area contributed by atoms with E-state index in [2.05, 4.69) is 18.8 Å². The molecule has 0 bridgehead atoms. The molecular weight excluding hydrogens is 195 g/mol. The van der Waals surface area contributed by atoms with Crippen molar-refractivity contribution in [2.75, 3.05) is 18.8 Å². The topological polar surface area (TPSA) is 0 Å². The first-order valence-electron chi connectivity index (χ1n) is 1.22. The summed E-state index contributed by atoms with van der Waals surface area (Å²) in [6.07, 6.45) is 6.58. The SMILES string of the molecule is C[S+](C)C.[IH2+]. The Kier molecular flexibility index (Phi) is 9.58. The van der Waals surface area contributed by atoms with Crippen LogP contribution in [0.5, 0.6) is 0 Å². The van der Waals surface area contributed by atoms with Gasteiger partial charge in [-0.05, 0) is 10.9 Å². The van der Waals surface area contributed by atoms with Gasteiger partial charge in [0.05, 0.1) is 18.8 Å². The minimum Gasteiger partial charge on any atom is -0.0219 e. The van der Waals surface area contributed by atoms with Gasteiger partial charge in [0.15, 0.2) is 0 Å². The predicted octanol–water partition coefficient (Wildman–Crippen LogP) is -3.04. The summed E-state index contributed by atoms with van der Waals surface area (Å²) in [5.74, 6) is 0. The second-order valence-corrected chi connectivity index (χ2v) is 3.67. The van der Waals surface area contributed by atoms with Crippen LogP contribution in [0.1, 0.15) is 0 Å². The Bertz CT molecular complexity index is 11.6. The molecule has 0 heterocycles. The Balaban J connectivity index is 0. The van der Waals surface area contributed by atoms with E-state index in [1.54, 1.807) is 0 Å². The Morgan fingerprint density at radius 2 is 1.00 bits per heavy atom. The predicted molar refractivity (Wildman–Crippen MR) is 27.9 cm³/mol. The van der Waals surface area contributed by atoms with E-state index in [1.165, 1.54) is 0 Å². The lowest BCUT2D eigenvalue weighted by Crippen LogP contribution is -3.00. The molecule has 0 N–H and O–H groups in total. The average Bonchev–Trinajstić information content (AvgIpc) is 0.811. The Morgan fingerprint density at radius 1 is 1.00 bits per heavy atom. The molecule has 0 unspecified atom stereocenters. The maximum Gasteiger partial charge on any atom is 0.235 e. The van der Waals surface area contributed by atoms with Crippen molar-refractivity contribution in [2.24, 2.45) is 0 Å². The molecule has 0 aromatic heterocycles. The molecule has 0 fully saturated rings. The molecule has 5 heavy (non-hydrogen) atoms. The van der Waals surface area contributed by atoms with Gasteiger partial charge >= 0.3 is 0 Å². The van der Waals surface area contributed by atoms with Crippen LogP contribution in [0.15, 0.2) is 0 Å². The van der Waals surface area contributed by atoms with Crippen molar-refractivity contribution >= 4 is 10.9 Å². The summed E-state index contributed by atoms with van der Waals surface area (Å²) in [5.41, 5.74) is 0. The molecule has 0 aromatic rings. The van der Waals surface area contributed by atoms with Crippen molar-refractivity contribution in [3.05, 3.63) is 0 Å². The summed E-state index contributed by atoms with van der Waals surface area (Å²) >= 11 is 0. The standard InChI is InChI=1S/C3H9S.H2I/c1-4(2)3;/h1-3H3;1H2/q2*+1. The molecule has 0 nitrogen and oxygen atoms in total. The maximum atomic E-state index is 2.19. The summed E-state index contributed by atoms with van der Waals surface area (Å²) in [4.78, 5) is 0. The minimum atomic E-state index is 0. The number of rotatable bonds is 0. The average molecular weight is 206 g/mol. The van der Waals surface area contributed by atoms with Crippen molar-refractivity contribution in [3.63, 3.8) is 0 Å². The van der Waals surface area contributed by atoms with Crippen molar-refractivity contribution in [3.8, 4) is 0 Å². The molecule has 2 heteroatoms. The van der Waals surface area contributed by atoms with Crippen LogP contribution < -0.4 is 24.0 Å². The quantitative estimate of drug-likeness (QED) is 0.292. The summed E-state index contributed by atoms with van der Waals surface area (Å²) in [6.45, 7) is 0. The highest BCUT2D eigenvalue weighted by atomic mass is 127. The first-order chi connectivity index (χ1) is 1.73. The zero-order chi connectivity index (χ0) is 3.58. The number of hydrogen-bond acceptors (Lipinski definition) is 0. The van der Waals surface area contributed by atoms with Gasteiger partial charge in [0.1, 0.15) is 0 Å². The van der Waals surface area contributed by atoms with Crippen molar-refractivity contribution in [2.45, 2.75) is 0 Å². The third kappa shape index (κ3) is 41.3. The Hall–Kier alpha value is 1.08. The Labute approximate surface area is 53.7 Å². The fourth-order valence-corrected chi connectivity index (χ4v) is 0. The van der Waals surface area contributed by atoms with Gasteiger partial charge in [-0.15, -0.1) is 0 Å². The Morgan fingerprint density at radius 3 is 1.00 bits per heavy atom. The highest BCUT2D eigenvalue weighted by Gasteiger charge is 1.77. The molecule has 0 spiro atoms. The van der Waals surface area contributed by atoms with Gasteiger partial charge in [-0.3, -0.25) is 0 Å². The van der Waals surface area contributed by atoms with Crippen LogP contribution >= 0.6 is 0 Å². The zero-order valence-corrected chi connectivity index (χ0v) is 7.22. The second-order valence-electron chi connectivity index (χ2n) is 1.22. The number of hydrogen-bond donors (Lipinski definition) is 0. The largest absolute Gasteiger partial charge is 0.235 e. The molecule has 0 aliphatic heterocycles. The van der Waals surface area contributed by atoms with Crippen LogP contribution in [0.3, 0.4) is 0 Å². The van der Waals surface area contributed by atoms with Crippen molar-refractivity contribution < 1.29 is 24.0 Å². The minimum absolute atomic E-state index is 0. The monoisotopic (exact) mass is 206 g/mol. The van der Waals surface area contributed by atoms with E-state index < -0.39 is 0 Å². The van der Waals surface area contributed by atoms with Gasteiger partial charge in [-0.25, -0.2) is 0 Å². The van der Waals surface area contributed by atoms with E-state index in [9.17, 15) is 0 Å². The van der Waals surface area contributed by atoms with Gasteiger partial charge in [-0.1, -0.05) is 0 Å². The summed E-state index contributed by atoms with van der Waals surface area (Å²) < 4.78 is 0. The fraction of sp³-hybridized carbons (Fsp3) is 1.00. The third-order valence-corrected chi connectivity index (χ3v) is 0. The van der Waals surface area contributed by atoms with Gasteiger partial charge in [-0.2, -0.15) is 0 Å². The molecule has 0 aliphatic rings. The van der Waals surface area contributed by atoms with Gasteiger partial charge in [0, 0.05) is 0 Å². The molecule has 0 rings (SSSR count). The third-order valence-electron chi connectivity index (χ3n) is 0. The van der Waals surface area contributed by atoms with Crippen LogP contribution in [0.4, 0.5) is 0 Å². The van der Waals surface area contributed by atoms with E-state index >= 15 is 0 Å². The molecule has 0 atom stereocenters. The van der Waals surface area contributed by atoms with Crippen molar-refractivity contribution in [1.82, 2.24) is 0 Å². The summed E-state index contributed by atoms with van der Waals surface area (Å²) in [7, 11) is 0.639. The molecule has 0 aromatic carbocycles. The van der Waals surface area contributed by atoms with Crippen LogP contribution in [-0.2, 0) is 10.9 Å². The normalized spacial score (nSPS) is 7.20. The smallest absolute Gasteiger partial charge is 0.0219 e. The van der Waals surface area contributed by atoms with Crippen LogP contribution in [0, 0.1) is 0 Å². The van der Waals surface area contributed by atoms with E-state index in [1.807, 2.05) is 0 Å². The highest BCUT2D eigenvalue weighted by Crippen LogP contribution is 1.63. The van der Waals surface area contributed by atoms with E-state index in [0.29, 0.717) is 10.9 Å². The summed E-state index contributed by atoms with van der Waals surface area (Å²) in [5, 5.41) is 0. The molecule has 0 amide bonds. The summed E-state index contributed by atoms with van der Waals surface area (Å²) in [6, 6.07) is 0. The van der Waals surface area contributed by atoms with Crippen LogP contribution in [0.2, 0.25) is 0 Å². The van der Waals surface area contributed by atoms with Crippen molar-refractivity contribution in [1.29, 1.82) is 0 Å². The fourth-order valence-electron chi connectivity index (χ4n) is 0. The molecule has 0 aliphatic carbocycles. The maximum absolute atomic E-state index is 2.19. The molecule has 34 valence electrons. The van der Waals surface area contributed by atoms with Gasteiger partial charge in [0.2, 0.25) is 24.0 Å². The molecule has 0 saturated heterocycles. The van der Waals surface area contributed by atoms with E-state index in [0.717, 1.165) is 0 Å². The first-order valence-corrected chi connectivity index (χ1v) is 3.67.